The fourth-order valence-corrected chi connectivity index (χ4v) is 3.23. The van der Waals surface area contributed by atoms with Crippen molar-refractivity contribution in [3.63, 3.8) is 0 Å². The monoisotopic (exact) mass is 402 g/mol. The molecule has 1 aliphatic heterocycles. The van der Waals surface area contributed by atoms with Crippen LogP contribution < -0.4 is 23.7 Å². The molecular formula is C21H22O8. The average molecular weight is 402 g/mol. The summed E-state index contributed by atoms with van der Waals surface area (Å²) in [6.07, 6.45) is -2.09. The maximum atomic E-state index is 13.3. The first-order chi connectivity index (χ1) is 13.9. The zero-order chi connectivity index (χ0) is 21.1. The van der Waals surface area contributed by atoms with Gasteiger partial charge < -0.3 is 28.4 Å². The molecule has 0 amide bonds. The lowest BCUT2D eigenvalue weighted by atomic mass is 9.92. The minimum Gasteiger partial charge on any atom is -0.496 e. The molecule has 8 nitrogen and oxygen atoms in total. The zero-order valence-corrected chi connectivity index (χ0v) is 16.8. The number of ether oxygens (including phenoxy) is 6. The minimum atomic E-state index is -1.19. The van der Waals surface area contributed by atoms with E-state index in [4.69, 9.17) is 28.4 Å². The van der Waals surface area contributed by atoms with Crippen LogP contribution in [0.25, 0.3) is 0 Å². The molecule has 1 heterocycles. The van der Waals surface area contributed by atoms with E-state index in [2.05, 4.69) is 0 Å². The first-order valence-electron chi connectivity index (χ1n) is 8.79. The van der Waals surface area contributed by atoms with Crippen molar-refractivity contribution in [3.8, 4) is 28.7 Å². The molecule has 0 aromatic heterocycles. The third-order valence-corrected chi connectivity index (χ3v) is 4.56. The van der Waals surface area contributed by atoms with E-state index in [0.717, 1.165) is 0 Å². The van der Waals surface area contributed by atoms with Crippen molar-refractivity contribution in [1.82, 2.24) is 0 Å². The summed E-state index contributed by atoms with van der Waals surface area (Å²) < 4.78 is 32.6. The number of esters is 1. The maximum absolute atomic E-state index is 13.3. The molecule has 0 saturated heterocycles. The van der Waals surface area contributed by atoms with Crippen molar-refractivity contribution >= 4 is 11.8 Å². The second-order valence-corrected chi connectivity index (χ2v) is 6.25. The fraction of sp³-hybridized carbons (Fsp3) is 0.333. The number of benzene rings is 2. The highest BCUT2D eigenvalue weighted by molar-refractivity contribution is 6.06. The van der Waals surface area contributed by atoms with Gasteiger partial charge in [0.05, 0.1) is 28.4 Å². The van der Waals surface area contributed by atoms with Crippen LogP contribution in [0.3, 0.4) is 0 Å². The molecule has 2 aromatic rings. The van der Waals surface area contributed by atoms with Gasteiger partial charge in [0.15, 0.2) is 17.6 Å². The van der Waals surface area contributed by atoms with Gasteiger partial charge in [-0.25, -0.2) is 0 Å². The summed E-state index contributed by atoms with van der Waals surface area (Å²) >= 11 is 0. The molecular weight excluding hydrogens is 380 g/mol. The number of carbonyl (C=O) groups excluding carboxylic acids is 2. The van der Waals surface area contributed by atoms with Gasteiger partial charge in [-0.1, -0.05) is 6.07 Å². The Kier molecular flexibility index (Phi) is 5.81. The Balaban J connectivity index is 2.14. The summed E-state index contributed by atoms with van der Waals surface area (Å²) in [5, 5.41) is 0. The molecule has 3 rings (SSSR count). The summed E-state index contributed by atoms with van der Waals surface area (Å²) in [6, 6.07) is 8.25. The number of hydrogen-bond donors (Lipinski definition) is 0. The van der Waals surface area contributed by atoms with Crippen molar-refractivity contribution in [2.45, 2.75) is 19.1 Å². The molecule has 0 unspecified atom stereocenters. The summed E-state index contributed by atoms with van der Waals surface area (Å²) in [7, 11) is 5.96. The van der Waals surface area contributed by atoms with Crippen LogP contribution in [0, 0.1) is 0 Å². The van der Waals surface area contributed by atoms with Gasteiger partial charge in [0.1, 0.15) is 22.8 Å². The quantitative estimate of drug-likeness (QED) is 0.682. The second kappa shape index (κ2) is 8.30. The first kappa shape index (κ1) is 20.3. The lowest BCUT2D eigenvalue weighted by molar-refractivity contribution is -0.148. The zero-order valence-electron chi connectivity index (χ0n) is 16.8. The Morgan fingerprint density at radius 2 is 1.59 bits per heavy atom. The summed E-state index contributed by atoms with van der Waals surface area (Å²) in [5.41, 5.74) is 0.769. The molecule has 0 aliphatic carbocycles. The smallest absolute Gasteiger partial charge is 0.303 e. The fourth-order valence-electron chi connectivity index (χ4n) is 3.23. The molecule has 8 heteroatoms. The summed E-state index contributed by atoms with van der Waals surface area (Å²) in [6.45, 7) is 1.24. The number of fused-ring (bicyclic) bond motifs is 1. The van der Waals surface area contributed by atoms with Crippen molar-refractivity contribution in [1.29, 1.82) is 0 Å². The van der Waals surface area contributed by atoms with Gasteiger partial charge in [0.2, 0.25) is 11.9 Å². The standard InChI is InChI=1S/C21H22O8/c1-11(22)28-21-19(23)18-16(27-5)9-13(24-2)10-17(18)29-20(21)12-6-7-14(25-3)15(8-12)26-4/h6-10,20-21H,1-5H3/t20-,21+/m1/s1. The number of hydrogen-bond acceptors (Lipinski definition) is 8. The largest absolute Gasteiger partial charge is 0.496 e. The van der Waals surface area contributed by atoms with Gasteiger partial charge in [-0.15, -0.1) is 0 Å². The predicted octanol–water partition coefficient (Wildman–Crippen LogP) is 2.97. The Hall–Kier alpha value is -3.42. The molecule has 154 valence electrons. The number of Topliss-reactive ketones (excluding diaryl/α,β-unsaturated/α-hetero) is 1. The Morgan fingerprint density at radius 1 is 0.897 bits per heavy atom. The van der Waals surface area contributed by atoms with Gasteiger partial charge in [-0.05, 0) is 12.1 Å². The van der Waals surface area contributed by atoms with Crippen molar-refractivity contribution in [2.24, 2.45) is 0 Å². The minimum absolute atomic E-state index is 0.191. The van der Waals surface area contributed by atoms with Gasteiger partial charge in [-0.3, -0.25) is 9.59 Å². The summed E-state index contributed by atoms with van der Waals surface area (Å²) in [4.78, 5) is 25.0. The third-order valence-electron chi connectivity index (χ3n) is 4.56. The second-order valence-electron chi connectivity index (χ2n) is 6.25. The van der Waals surface area contributed by atoms with E-state index in [1.807, 2.05) is 0 Å². The molecule has 0 fully saturated rings. The molecule has 2 aromatic carbocycles. The Bertz CT molecular complexity index is 937. The highest BCUT2D eigenvalue weighted by Crippen LogP contribution is 2.44. The van der Waals surface area contributed by atoms with Crippen molar-refractivity contribution in [2.75, 3.05) is 28.4 Å². The van der Waals surface area contributed by atoms with Gasteiger partial charge in [0.25, 0.3) is 0 Å². The number of rotatable bonds is 6. The lowest BCUT2D eigenvalue weighted by Crippen LogP contribution is -2.39. The van der Waals surface area contributed by atoms with Crippen LogP contribution in [0.4, 0.5) is 0 Å². The highest BCUT2D eigenvalue weighted by Gasteiger charge is 2.43. The topological polar surface area (TPSA) is 89.5 Å². The third kappa shape index (κ3) is 3.78. The molecule has 2 atom stereocenters. The van der Waals surface area contributed by atoms with Crippen LogP contribution in [0.2, 0.25) is 0 Å². The van der Waals surface area contributed by atoms with E-state index in [-0.39, 0.29) is 17.1 Å². The number of methoxy groups -OCH3 is 4. The molecule has 0 N–H and O–H groups in total. The molecule has 0 spiro atoms. The SMILES string of the molecule is COc1cc(OC)c2c(c1)O[C@H](c1ccc(OC)c(OC)c1)[C@@H](OC(C)=O)C2=O. The number of ketones is 1. The molecule has 29 heavy (non-hydrogen) atoms. The average Bonchev–Trinajstić information content (AvgIpc) is 2.73. The van der Waals surface area contributed by atoms with Gasteiger partial charge in [-0.2, -0.15) is 0 Å². The van der Waals surface area contributed by atoms with Crippen LogP contribution in [-0.2, 0) is 9.53 Å². The van der Waals surface area contributed by atoms with E-state index < -0.39 is 24.0 Å². The number of carbonyl (C=O) groups is 2. The van der Waals surface area contributed by atoms with E-state index in [1.54, 1.807) is 30.3 Å². The van der Waals surface area contributed by atoms with Crippen molar-refractivity contribution < 1.29 is 38.0 Å². The molecule has 0 bridgehead atoms. The predicted molar refractivity (Wildman–Crippen MR) is 102 cm³/mol. The summed E-state index contributed by atoms with van der Waals surface area (Å²) in [5.74, 6) is 0.948. The van der Waals surface area contributed by atoms with Crippen LogP contribution >= 0.6 is 0 Å². The van der Waals surface area contributed by atoms with Crippen LogP contribution in [0.1, 0.15) is 28.9 Å². The lowest BCUT2D eigenvalue weighted by Gasteiger charge is -2.33. The highest BCUT2D eigenvalue weighted by atomic mass is 16.6. The molecule has 0 saturated carbocycles. The molecule has 0 radical (unpaired) electrons. The Labute approximate surface area is 168 Å². The van der Waals surface area contributed by atoms with Crippen molar-refractivity contribution in [3.05, 3.63) is 41.5 Å². The first-order valence-corrected chi connectivity index (χ1v) is 8.79. The van der Waals surface area contributed by atoms with Crippen LogP contribution in [0.5, 0.6) is 28.7 Å². The Morgan fingerprint density at radius 3 is 2.17 bits per heavy atom. The van der Waals surface area contributed by atoms with E-state index >= 15 is 0 Å². The van der Waals surface area contributed by atoms with Crippen LogP contribution in [0.15, 0.2) is 30.3 Å². The van der Waals surface area contributed by atoms with E-state index in [1.165, 1.54) is 35.4 Å². The van der Waals surface area contributed by atoms with E-state index in [9.17, 15) is 9.59 Å². The van der Waals surface area contributed by atoms with Gasteiger partial charge >= 0.3 is 5.97 Å². The van der Waals surface area contributed by atoms with E-state index in [0.29, 0.717) is 22.8 Å². The normalized spacial score (nSPS) is 17.6. The maximum Gasteiger partial charge on any atom is 0.303 e. The van der Waals surface area contributed by atoms with Gasteiger partial charge in [0, 0.05) is 24.6 Å². The van der Waals surface area contributed by atoms with Crippen LogP contribution in [-0.4, -0.2) is 46.3 Å². The molecule has 1 aliphatic rings.